The molecule has 0 bridgehead atoms. The number of carbonyl (C=O) groups excluding carboxylic acids is 1. The highest BCUT2D eigenvalue weighted by Crippen LogP contribution is 2.10. The van der Waals surface area contributed by atoms with Crippen LogP contribution in [0.1, 0.15) is 6.42 Å². The molecule has 0 radical (unpaired) electrons. The molecule has 1 aromatic carbocycles. The number of nitrogens with one attached hydrogen (secondary N) is 1. The Morgan fingerprint density at radius 2 is 2.00 bits per heavy atom. The molecule has 21 heavy (non-hydrogen) atoms. The van der Waals surface area contributed by atoms with E-state index in [-0.39, 0.29) is 5.91 Å². The molecule has 116 valence electrons. The maximum absolute atomic E-state index is 11.9. The van der Waals surface area contributed by atoms with Gasteiger partial charge in [-0.2, -0.15) is 0 Å². The fourth-order valence-corrected chi connectivity index (χ4v) is 2.37. The van der Waals surface area contributed by atoms with E-state index in [4.69, 9.17) is 4.74 Å². The summed E-state index contributed by atoms with van der Waals surface area (Å²) in [6.45, 7) is 5.01. The van der Waals surface area contributed by atoms with E-state index in [2.05, 4.69) is 29.4 Å². The molecule has 1 fully saturated rings. The van der Waals surface area contributed by atoms with Crippen molar-refractivity contribution in [3.63, 3.8) is 0 Å². The molecule has 0 unspecified atom stereocenters. The molecule has 0 aliphatic carbocycles. The standard InChI is InChI=1S/C16H25N3O2/c1-18(15-6-3-2-4-7-15)9-5-8-17-14-16(20)19-10-12-21-13-11-19/h2-4,6-7,17H,5,8-14H2,1H3. The number of ether oxygens (including phenoxy) is 1. The maximum atomic E-state index is 11.9. The molecule has 0 saturated carbocycles. The largest absolute Gasteiger partial charge is 0.378 e. The number of carbonyl (C=O) groups is 1. The highest BCUT2D eigenvalue weighted by atomic mass is 16.5. The van der Waals surface area contributed by atoms with Crippen LogP contribution in [0.15, 0.2) is 30.3 Å². The minimum atomic E-state index is 0.176. The Labute approximate surface area is 126 Å². The summed E-state index contributed by atoms with van der Waals surface area (Å²) >= 11 is 0. The number of para-hydroxylation sites is 1. The van der Waals surface area contributed by atoms with Crippen molar-refractivity contribution in [2.75, 3.05) is 57.9 Å². The van der Waals surface area contributed by atoms with E-state index >= 15 is 0 Å². The molecule has 1 aromatic rings. The van der Waals surface area contributed by atoms with Crippen LogP contribution in [-0.2, 0) is 9.53 Å². The molecule has 1 aliphatic heterocycles. The van der Waals surface area contributed by atoms with Gasteiger partial charge in [0.2, 0.25) is 5.91 Å². The molecular formula is C16H25N3O2. The quantitative estimate of drug-likeness (QED) is 0.760. The summed E-state index contributed by atoms with van der Waals surface area (Å²) in [4.78, 5) is 16.0. The van der Waals surface area contributed by atoms with Gasteiger partial charge in [-0.05, 0) is 25.1 Å². The molecule has 1 aliphatic rings. The zero-order chi connectivity index (χ0) is 14.9. The van der Waals surface area contributed by atoms with Crippen LogP contribution in [0.3, 0.4) is 0 Å². The van der Waals surface area contributed by atoms with Crippen molar-refractivity contribution in [3.05, 3.63) is 30.3 Å². The number of benzene rings is 1. The van der Waals surface area contributed by atoms with Gasteiger partial charge in [-0.25, -0.2) is 0 Å². The molecule has 0 aromatic heterocycles. The molecular weight excluding hydrogens is 266 g/mol. The maximum Gasteiger partial charge on any atom is 0.236 e. The molecule has 2 rings (SSSR count). The van der Waals surface area contributed by atoms with Crippen LogP contribution in [0, 0.1) is 0 Å². The molecule has 5 nitrogen and oxygen atoms in total. The number of hydrogen-bond acceptors (Lipinski definition) is 4. The van der Waals surface area contributed by atoms with Crippen LogP contribution < -0.4 is 10.2 Å². The lowest BCUT2D eigenvalue weighted by molar-refractivity contribution is -0.134. The summed E-state index contributed by atoms with van der Waals surface area (Å²) in [6.07, 6.45) is 1.02. The van der Waals surface area contributed by atoms with Crippen LogP contribution in [0.4, 0.5) is 5.69 Å². The highest BCUT2D eigenvalue weighted by molar-refractivity contribution is 5.78. The predicted octanol–water partition coefficient (Wildman–Crippen LogP) is 0.961. The SMILES string of the molecule is CN(CCCNCC(=O)N1CCOCC1)c1ccccc1. The molecule has 0 atom stereocenters. The van der Waals surface area contributed by atoms with Gasteiger partial charge >= 0.3 is 0 Å². The van der Waals surface area contributed by atoms with Crippen LogP contribution in [0.25, 0.3) is 0 Å². The molecule has 5 heteroatoms. The summed E-state index contributed by atoms with van der Waals surface area (Å²) in [5.74, 6) is 0.176. The smallest absolute Gasteiger partial charge is 0.236 e. The third-order valence-electron chi connectivity index (χ3n) is 3.68. The second kappa shape index (κ2) is 8.64. The lowest BCUT2D eigenvalue weighted by Crippen LogP contribution is -2.44. The summed E-state index contributed by atoms with van der Waals surface area (Å²) in [5.41, 5.74) is 1.22. The Morgan fingerprint density at radius 1 is 1.29 bits per heavy atom. The fraction of sp³-hybridized carbons (Fsp3) is 0.562. The van der Waals surface area contributed by atoms with Gasteiger partial charge < -0.3 is 19.9 Å². The second-order valence-electron chi connectivity index (χ2n) is 5.28. The number of anilines is 1. The average Bonchev–Trinajstić information content (AvgIpc) is 2.55. The highest BCUT2D eigenvalue weighted by Gasteiger charge is 2.15. The summed E-state index contributed by atoms with van der Waals surface area (Å²) in [6, 6.07) is 10.3. The van der Waals surface area contributed by atoms with Crippen molar-refractivity contribution in [1.29, 1.82) is 0 Å². The monoisotopic (exact) mass is 291 g/mol. The first-order valence-electron chi connectivity index (χ1n) is 7.60. The van der Waals surface area contributed by atoms with Gasteiger partial charge in [-0.1, -0.05) is 18.2 Å². The van der Waals surface area contributed by atoms with Gasteiger partial charge in [0.15, 0.2) is 0 Å². The van der Waals surface area contributed by atoms with E-state index in [1.54, 1.807) is 0 Å². The van der Waals surface area contributed by atoms with E-state index in [9.17, 15) is 4.79 Å². The summed E-state index contributed by atoms with van der Waals surface area (Å²) in [5, 5.41) is 3.23. The number of nitrogens with zero attached hydrogens (tertiary/aromatic N) is 2. The van der Waals surface area contributed by atoms with Gasteiger partial charge in [0, 0.05) is 32.4 Å². The number of rotatable bonds is 7. The van der Waals surface area contributed by atoms with E-state index < -0.39 is 0 Å². The first-order valence-corrected chi connectivity index (χ1v) is 7.60. The Kier molecular flexibility index (Phi) is 6.50. The van der Waals surface area contributed by atoms with Gasteiger partial charge in [0.25, 0.3) is 0 Å². The normalized spacial score (nSPS) is 15.0. The van der Waals surface area contributed by atoms with E-state index in [1.165, 1.54) is 5.69 Å². The number of morpholine rings is 1. The molecule has 0 spiro atoms. The lowest BCUT2D eigenvalue weighted by Gasteiger charge is -2.27. The van der Waals surface area contributed by atoms with Crippen molar-refractivity contribution in [2.45, 2.75) is 6.42 Å². The first kappa shape index (κ1) is 15.8. The fourth-order valence-electron chi connectivity index (χ4n) is 2.37. The Balaban J connectivity index is 1.56. The van der Waals surface area contributed by atoms with Crippen LogP contribution in [0.2, 0.25) is 0 Å². The molecule has 1 heterocycles. The van der Waals surface area contributed by atoms with Crippen molar-refractivity contribution in [1.82, 2.24) is 10.2 Å². The number of hydrogen-bond donors (Lipinski definition) is 1. The topological polar surface area (TPSA) is 44.8 Å². The number of amides is 1. The average molecular weight is 291 g/mol. The van der Waals surface area contributed by atoms with E-state index in [0.717, 1.165) is 32.6 Å². The second-order valence-corrected chi connectivity index (χ2v) is 5.28. The predicted molar refractivity (Wildman–Crippen MR) is 84.6 cm³/mol. The Bertz CT molecular complexity index is 419. The van der Waals surface area contributed by atoms with E-state index in [0.29, 0.717) is 19.8 Å². The van der Waals surface area contributed by atoms with E-state index in [1.807, 2.05) is 23.1 Å². The lowest BCUT2D eigenvalue weighted by atomic mass is 10.3. The van der Waals surface area contributed by atoms with Gasteiger partial charge in [-0.3, -0.25) is 4.79 Å². The Morgan fingerprint density at radius 3 is 2.71 bits per heavy atom. The minimum absolute atomic E-state index is 0.176. The first-order chi connectivity index (χ1) is 10.3. The summed E-state index contributed by atoms with van der Waals surface area (Å²) in [7, 11) is 2.09. The van der Waals surface area contributed by atoms with Gasteiger partial charge in [-0.15, -0.1) is 0 Å². The minimum Gasteiger partial charge on any atom is -0.378 e. The van der Waals surface area contributed by atoms with Crippen LogP contribution in [0.5, 0.6) is 0 Å². The van der Waals surface area contributed by atoms with Crippen molar-refractivity contribution < 1.29 is 9.53 Å². The molecule has 1 saturated heterocycles. The van der Waals surface area contributed by atoms with Crippen molar-refractivity contribution >= 4 is 11.6 Å². The van der Waals surface area contributed by atoms with Gasteiger partial charge in [0.05, 0.1) is 19.8 Å². The zero-order valence-electron chi connectivity index (χ0n) is 12.8. The molecule has 1 N–H and O–H groups in total. The summed E-state index contributed by atoms with van der Waals surface area (Å²) < 4.78 is 5.24. The van der Waals surface area contributed by atoms with Gasteiger partial charge in [0.1, 0.15) is 0 Å². The van der Waals surface area contributed by atoms with Crippen LogP contribution in [-0.4, -0.2) is 63.8 Å². The Hall–Kier alpha value is -1.59. The molecule has 1 amide bonds. The zero-order valence-corrected chi connectivity index (χ0v) is 12.8. The third kappa shape index (κ3) is 5.36. The van der Waals surface area contributed by atoms with Crippen LogP contribution >= 0.6 is 0 Å². The third-order valence-corrected chi connectivity index (χ3v) is 3.68. The van der Waals surface area contributed by atoms with Crippen molar-refractivity contribution in [2.24, 2.45) is 0 Å². The van der Waals surface area contributed by atoms with Crippen molar-refractivity contribution in [3.8, 4) is 0 Å².